The fraction of sp³-hybridized carbons (Fsp3) is 0.120. The Balaban J connectivity index is 1.53. The summed E-state index contributed by atoms with van der Waals surface area (Å²) in [7, 11) is 3.02. The number of amides is 2. The minimum Gasteiger partial charge on any atom is -0.496 e. The van der Waals surface area contributed by atoms with Gasteiger partial charge in [0.2, 0.25) is 0 Å². The molecular formula is C25H22N2O5. The first kappa shape index (κ1) is 21.0. The lowest BCUT2D eigenvalue weighted by Crippen LogP contribution is -2.15. The van der Waals surface area contributed by atoms with Crippen molar-refractivity contribution in [3.8, 4) is 11.5 Å². The van der Waals surface area contributed by atoms with E-state index < -0.39 is 5.91 Å². The lowest BCUT2D eigenvalue weighted by molar-refractivity contribution is 0.0995. The average molecular weight is 430 g/mol. The van der Waals surface area contributed by atoms with Crippen molar-refractivity contribution in [2.45, 2.75) is 6.92 Å². The predicted molar refractivity (Wildman–Crippen MR) is 123 cm³/mol. The van der Waals surface area contributed by atoms with Gasteiger partial charge in [-0.3, -0.25) is 9.59 Å². The third kappa shape index (κ3) is 4.13. The van der Waals surface area contributed by atoms with Crippen molar-refractivity contribution < 1.29 is 23.5 Å². The van der Waals surface area contributed by atoms with E-state index in [4.69, 9.17) is 13.9 Å². The molecule has 0 bridgehead atoms. The zero-order valence-corrected chi connectivity index (χ0v) is 17.9. The third-order valence-electron chi connectivity index (χ3n) is 5.02. The number of anilines is 2. The maximum atomic E-state index is 12.8. The number of furan rings is 1. The van der Waals surface area contributed by atoms with Crippen molar-refractivity contribution in [2.75, 3.05) is 24.9 Å². The molecule has 7 nitrogen and oxygen atoms in total. The highest BCUT2D eigenvalue weighted by Crippen LogP contribution is 2.30. The van der Waals surface area contributed by atoms with Crippen molar-refractivity contribution in [3.05, 3.63) is 83.6 Å². The highest BCUT2D eigenvalue weighted by Gasteiger charge is 2.17. The molecule has 2 amide bonds. The highest BCUT2D eigenvalue weighted by atomic mass is 16.5. The number of methoxy groups -OCH3 is 2. The number of hydrogen-bond acceptors (Lipinski definition) is 5. The normalized spacial score (nSPS) is 10.6. The van der Waals surface area contributed by atoms with Gasteiger partial charge >= 0.3 is 0 Å². The second kappa shape index (κ2) is 8.85. The van der Waals surface area contributed by atoms with Crippen LogP contribution in [0.5, 0.6) is 11.5 Å². The molecule has 4 aromatic rings. The van der Waals surface area contributed by atoms with E-state index in [0.29, 0.717) is 34.0 Å². The van der Waals surface area contributed by atoms with Crippen molar-refractivity contribution in [3.63, 3.8) is 0 Å². The smallest absolute Gasteiger partial charge is 0.291 e. The molecule has 0 aliphatic carbocycles. The summed E-state index contributed by atoms with van der Waals surface area (Å²) in [5, 5.41) is 6.46. The van der Waals surface area contributed by atoms with Gasteiger partial charge in [0.15, 0.2) is 5.76 Å². The fourth-order valence-electron chi connectivity index (χ4n) is 3.45. The molecule has 1 heterocycles. The fourth-order valence-corrected chi connectivity index (χ4v) is 3.45. The highest BCUT2D eigenvalue weighted by molar-refractivity contribution is 6.07. The number of fused-ring (bicyclic) bond motifs is 1. The summed E-state index contributed by atoms with van der Waals surface area (Å²) in [5.41, 5.74) is 2.88. The van der Waals surface area contributed by atoms with Crippen molar-refractivity contribution in [2.24, 2.45) is 0 Å². The lowest BCUT2D eigenvalue weighted by Gasteiger charge is -2.14. The van der Waals surface area contributed by atoms with Gasteiger partial charge in [0.05, 0.1) is 25.5 Å². The van der Waals surface area contributed by atoms with Crippen LogP contribution in [0.3, 0.4) is 0 Å². The van der Waals surface area contributed by atoms with E-state index in [1.54, 1.807) is 42.5 Å². The summed E-state index contributed by atoms with van der Waals surface area (Å²) in [6, 6.07) is 19.4. The zero-order chi connectivity index (χ0) is 22.7. The number of para-hydroxylation sites is 2. The molecule has 0 saturated heterocycles. The summed E-state index contributed by atoms with van der Waals surface area (Å²) in [5.74, 6) is 0.389. The Labute approximate surface area is 184 Å². The van der Waals surface area contributed by atoms with Crippen LogP contribution in [0.25, 0.3) is 11.0 Å². The van der Waals surface area contributed by atoms with Crippen LogP contribution in [0.1, 0.15) is 26.5 Å². The molecule has 0 saturated carbocycles. The Morgan fingerprint density at radius 1 is 0.844 bits per heavy atom. The van der Waals surface area contributed by atoms with Crippen molar-refractivity contribution in [1.29, 1.82) is 0 Å². The topological polar surface area (TPSA) is 89.8 Å². The van der Waals surface area contributed by atoms with Gasteiger partial charge in [-0.15, -0.1) is 0 Å². The van der Waals surface area contributed by atoms with E-state index in [-0.39, 0.29) is 11.7 Å². The molecule has 0 fully saturated rings. The molecule has 0 radical (unpaired) electrons. The summed E-state index contributed by atoms with van der Waals surface area (Å²) >= 11 is 0. The molecule has 0 aliphatic rings. The molecule has 4 rings (SSSR count). The molecule has 32 heavy (non-hydrogen) atoms. The van der Waals surface area contributed by atoms with E-state index in [1.165, 1.54) is 14.2 Å². The van der Waals surface area contributed by atoms with Gasteiger partial charge in [0, 0.05) is 17.1 Å². The first-order valence-electron chi connectivity index (χ1n) is 9.93. The van der Waals surface area contributed by atoms with Crippen LogP contribution in [0, 0.1) is 6.92 Å². The quantitative estimate of drug-likeness (QED) is 0.435. The van der Waals surface area contributed by atoms with E-state index in [1.807, 2.05) is 31.2 Å². The van der Waals surface area contributed by atoms with Crippen LogP contribution >= 0.6 is 0 Å². The monoisotopic (exact) mass is 430 g/mol. The minimum absolute atomic E-state index is 0.192. The number of nitrogens with one attached hydrogen (secondary N) is 2. The Morgan fingerprint density at radius 2 is 1.66 bits per heavy atom. The number of aryl methyl sites for hydroxylation is 1. The van der Waals surface area contributed by atoms with Gasteiger partial charge in [0.1, 0.15) is 17.1 Å². The van der Waals surface area contributed by atoms with Crippen LogP contribution in [0.4, 0.5) is 11.4 Å². The van der Waals surface area contributed by atoms with E-state index in [0.717, 1.165) is 10.9 Å². The van der Waals surface area contributed by atoms with Gasteiger partial charge in [0.25, 0.3) is 11.8 Å². The van der Waals surface area contributed by atoms with Crippen LogP contribution in [-0.4, -0.2) is 26.0 Å². The van der Waals surface area contributed by atoms with Gasteiger partial charge in [-0.2, -0.15) is 0 Å². The largest absolute Gasteiger partial charge is 0.496 e. The first-order chi connectivity index (χ1) is 15.5. The van der Waals surface area contributed by atoms with Gasteiger partial charge < -0.3 is 24.5 Å². The standard InChI is InChI=1S/C25H22N2O5/c1-15-7-6-9-18(23(15)31-3)24(28)26-17-11-12-19(21(14-17)30-2)27-25(29)22-13-16-8-4-5-10-20(16)32-22/h4-14H,1-3H3,(H,26,28)(H,27,29). The van der Waals surface area contributed by atoms with Gasteiger partial charge in [-0.25, -0.2) is 0 Å². The maximum absolute atomic E-state index is 12.8. The molecule has 0 spiro atoms. The van der Waals surface area contributed by atoms with Crippen LogP contribution in [0.15, 0.2) is 71.1 Å². The number of ether oxygens (including phenoxy) is 2. The van der Waals surface area contributed by atoms with Crippen molar-refractivity contribution in [1.82, 2.24) is 0 Å². The minimum atomic E-state index is -0.402. The Hall–Kier alpha value is -4.26. The maximum Gasteiger partial charge on any atom is 0.291 e. The molecule has 162 valence electrons. The second-order valence-electron chi connectivity index (χ2n) is 7.13. The van der Waals surface area contributed by atoms with Gasteiger partial charge in [-0.1, -0.05) is 30.3 Å². The molecule has 3 aromatic carbocycles. The summed E-state index contributed by atoms with van der Waals surface area (Å²) in [6.45, 7) is 1.87. The molecular weight excluding hydrogens is 408 g/mol. The number of benzene rings is 3. The average Bonchev–Trinajstić information content (AvgIpc) is 3.24. The summed E-state index contributed by atoms with van der Waals surface area (Å²) in [6.07, 6.45) is 0. The van der Waals surface area contributed by atoms with Crippen LogP contribution in [-0.2, 0) is 0 Å². The Bertz CT molecular complexity index is 1280. The molecule has 2 N–H and O–H groups in total. The van der Waals surface area contributed by atoms with E-state index >= 15 is 0 Å². The Morgan fingerprint density at radius 3 is 2.41 bits per heavy atom. The number of rotatable bonds is 6. The predicted octanol–water partition coefficient (Wildman–Crippen LogP) is 5.26. The van der Waals surface area contributed by atoms with E-state index in [2.05, 4.69) is 10.6 Å². The van der Waals surface area contributed by atoms with Crippen LogP contribution < -0.4 is 20.1 Å². The SMILES string of the molecule is COc1cc(NC(=O)c2cccc(C)c2OC)ccc1NC(=O)c1cc2ccccc2o1. The Kier molecular flexibility index (Phi) is 5.81. The lowest BCUT2D eigenvalue weighted by atomic mass is 10.1. The third-order valence-corrected chi connectivity index (χ3v) is 5.02. The first-order valence-corrected chi connectivity index (χ1v) is 9.93. The molecule has 0 aliphatic heterocycles. The summed E-state index contributed by atoms with van der Waals surface area (Å²) < 4.78 is 16.4. The number of carbonyl (C=O) groups excluding carboxylic acids is 2. The van der Waals surface area contributed by atoms with Crippen LogP contribution in [0.2, 0.25) is 0 Å². The van der Waals surface area contributed by atoms with Crippen molar-refractivity contribution >= 4 is 34.2 Å². The molecule has 0 unspecified atom stereocenters. The van der Waals surface area contributed by atoms with E-state index in [9.17, 15) is 9.59 Å². The second-order valence-corrected chi connectivity index (χ2v) is 7.13. The summed E-state index contributed by atoms with van der Waals surface area (Å²) in [4.78, 5) is 25.4. The number of hydrogen-bond donors (Lipinski definition) is 2. The molecule has 0 atom stereocenters. The molecule has 1 aromatic heterocycles. The number of carbonyl (C=O) groups is 2. The van der Waals surface area contributed by atoms with Gasteiger partial charge in [-0.05, 0) is 42.8 Å². The zero-order valence-electron chi connectivity index (χ0n) is 17.9. The molecule has 7 heteroatoms.